The molecule has 3 aliphatic carbocycles. The summed E-state index contributed by atoms with van der Waals surface area (Å²) in [5.74, 6) is 0. The largest absolute Gasteiger partial charge is 0.0795 e. The molecule has 0 atom stereocenters. The number of hydrogen-bond donors (Lipinski definition) is 0. The minimum Gasteiger partial charge on any atom is -0.0795 e. The van der Waals surface area contributed by atoms with Crippen molar-refractivity contribution >= 4 is 27.1 Å². The van der Waals surface area contributed by atoms with Crippen LogP contribution in [0.1, 0.15) is 62.8 Å². The van der Waals surface area contributed by atoms with Gasteiger partial charge in [0.1, 0.15) is 0 Å². The van der Waals surface area contributed by atoms with Crippen molar-refractivity contribution in [2.45, 2.75) is 51.4 Å². The summed E-state index contributed by atoms with van der Waals surface area (Å²) in [6.07, 6.45) is 7.19. The summed E-state index contributed by atoms with van der Waals surface area (Å²) in [4.78, 5) is 0. The number of allylic oxidation sites excluding steroid dienone is 4. The second kappa shape index (κ2) is 12.1. The first kappa shape index (κ1) is 33.1. The zero-order valence-corrected chi connectivity index (χ0v) is 32.6. The van der Waals surface area contributed by atoms with Gasteiger partial charge >= 0.3 is 0 Å². The minimum atomic E-state index is -0.0182. The van der Waals surface area contributed by atoms with Crippen molar-refractivity contribution in [3.63, 3.8) is 0 Å². The summed E-state index contributed by atoms with van der Waals surface area (Å²) >= 11 is 0. The second-order valence-electron chi connectivity index (χ2n) is 17.1. The van der Waals surface area contributed by atoms with Crippen LogP contribution < -0.4 is 0 Å². The Kier molecular flexibility index (Phi) is 7.18. The van der Waals surface area contributed by atoms with Crippen molar-refractivity contribution in [3.8, 4) is 55.6 Å². The predicted molar refractivity (Wildman–Crippen MR) is 239 cm³/mol. The van der Waals surface area contributed by atoms with Gasteiger partial charge in [0.05, 0.1) is 0 Å². The first-order valence-electron chi connectivity index (χ1n) is 20.2. The van der Waals surface area contributed by atoms with Crippen LogP contribution in [0.5, 0.6) is 0 Å². The van der Waals surface area contributed by atoms with Gasteiger partial charge in [-0.15, -0.1) is 0 Å². The minimum absolute atomic E-state index is 0.0182. The smallest absolute Gasteiger partial charge is 0.0159 e. The average molecular weight is 717 g/mol. The molecular formula is C56H44. The SMILES string of the molecule is CC1(C)C2=CCCC=C2c2ccc(-c3ccc(-c4c5ccccc5c(-c5ccc(-c6ccc7c(c6)C(C)(C)c6ccccc6-7)cc5)c5ccccc45)cc3)cc21. The molecule has 8 aromatic rings. The lowest BCUT2D eigenvalue weighted by Gasteiger charge is -2.23. The van der Waals surface area contributed by atoms with E-state index in [0.717, 1.165) is 12.8 Å². The van der Waals surface area contributed by atoms with E-state index in [1.54, 1.807) is 0 Å². The molecule has 0 heterocycles. The van der Waals surface area contributed by atoms with Gasteiger partial charge in [0.25, 0.3) is 0 Å². The van der Waals surface area contributed by atoms with E-state index in [9.17, 15) is 0 Å². The number of fused-ring (bicyclic) bond motifs is 8. The summed E-state index contributed by atoms with van der Waals surface area (Å²) in [6.45, 7) is 9.49. The van der Waals surface area contributed by atoms with E-state index in [4.69, 9.17) is 0 Å². The average Bonchev–Trinajstić information content (AvgIpc) is 3.62. The maximum Gasteiger partial charge on any atom is 0.0159 e. The molecule has 0 bridgehead atoms. The summed E-state index contributed by atoms with van der Waals surface area (Å²) in [5.41, 5.74) is 21.5. The monoisotopic (exact) mass is 716 g/mol. The lowest BCUT2D eigenvalue weighted by molar-refractivity contribution is 0.655. The molecule has 0 N–H and O–H groups in total. The zero-order chi connectivity index (χ0) is 37.8. The van der Waals surface area contributed by atoms with Gasteiger partial charge in [-0.25, -0.2) is 0 Å². The highest BCUT2D eigenvalue weighted by Gasteiger charge is 2.39. The molecule has 0 saturated heterocycles. The fourth-order valence-electron chi connectivity index (χ4n) is 10.4. The molecule has 0 nitrogen and oxygen atoms in total. The van der Waals surface area contributed by atoms with E-state index < -0.39 is 0 Å². The molecule has 0 radical (unpaired) electrons. The van der Waals surface area contributed by atoms with Crippen LogP contribution in [0.3, 0.4) is 0 Å². The fourth-order valence-corrected chi connectivity index (χ4v) is 10.4. The van der Waals surface area contributed by atoms with Gasteiger partial charge in [-0.1, -0.05) is 185 Å². The van der Waals surface area contributed by atoms with Crippen LogP contribution in [0.4, 0.5) is 0 Å². The van der Waals surface area contributed by atoms with Gasteiger partial charge in [0.2, 0.25) is 0 Å². The topological polar surface area (TPSA) is 0 Å². The third kappa shape index (κ3) is 4.78. The van der Waals surface area contributed by atoms with Gasteiger partial charge in [-0.3, -0.25) is 0 Å². The van der Waals surface area contributed by atoms with E-state index in [1.807, 2.05) is 0 Å². The fraction of sp³-hybridized carbons (Fsp3) is 0.143. The summed E-state index contributed by atoms with van der Waals surface area (Å²) in [6, 6.07) is 59.6. The van der Waals surface area contributed by atoms with Gasteiger partial charge in [-0.2, -0.15) is 0 Å². The first-order chi connectivity index (χ1) is 27.3. The molecule has 56 heavy (non-hydrogen) atoms. The van der Waals surface area contributed by atoms with Gasteiger partial charge in [0, 0.05) is 10.8 Å². The summed E-state index contributed by atoms with van der Waals surface area (Å²) < 4.78 is 0. The van der Waals surface area contributed by atoms with E-state index in [1.165, 1.54) is 111 Å². The lowest BCUT2D eigenvalue weighted by atomic mass is 9.80. The van der Waals surface area contributed by atoms with Crippen molar-refractivity contribution in [1.82, 2.24) is 0 Å². The Morgan fingerprint density at radius 1 is 0.339 bits per heavy atom. The van der Waals surface area contributed by atoms with Crippen LogP contribution in [0, 0.1) is 0 Å². The quantitative estimate of drug-likeness (QED) is 0.159. The van der Waals surface area contributed by atoms with E-state index in [2.05, 4.69) is 198 Å². The number of hydrogen-bond acceptors (Lipinski definition) is 0. The van der Waals surface area contributed by atoms with E-state index in [-0.39, 0.29) is 10.8 Å². The molecule has 268 valence electrons. The molecule has 0 aromatic heterocycles. The summed E-state index contributed by atoms with van der Waals surface area (Å²) in [7, 11) is 0. The maximum atomic E-state index is 2.47. The molecule has 0 heteroatoms. The van der Waals surface area contributed by atoms with E-state index >= 15 is 0 Å². The third-order valence-electron chi connectivity index (χ3n) is 13.3. The third-order valence-corrected chi connectivity index (χ3v) is 13.3. The Morgan fingerprint density at radius 2 is 0.750 bits per heavy atom. The van der Waals surface area contributed by atoms with E-state index in [0.29, 0.717) is 0 Å². The number of benzene rings is 8. The molecule has 0 spiro atoms. The predicted octanol–water partition coefficient (Wildman–Crippen LogP) is 15.4. The molecule has 0 saturated carbocycles. The Hall–Kier alpha value is -6.24. The molecule has 11 rings (SSSR count). The van der Waals surface area contributed by atoms with Crippen LogP contribution in [0.2, 0.25) is 0 Å². The van der Waals surface area contributed by atoms with Gasteiger partial charge in [0.15, 0.2) is 0 Å². The zero-order valence-electron chi connectivity index (χ0n) is 32.6. The van der Waals surface area contributed by atoms with Crippen LogP contribution in [-0.2, 0) is 10.8 Å². The molecule has 0 aliphatic heterocycles. The molecule has 3 aliphatic rings. The Labute approximate surface area is 330 Å². The van der Waals surface area contributed by atoms with Gasteiger partial charge < -0.3 is 0 Å². The second-order valence-corrected chi connectivity index (χ2v) is 17.1. The van der Waals surface area contributed by atoms with Crippen LogP contribution >= 0.6 is 0 Å². The normalized spacial score (nSPS) is 15.9. The summed E-state index contributed by atoms with van der Waals surface area (Å²) in [5, 5.41) is 5.12. The van der Waals surface area contributed by atoms with Crippen molar-refractivity contribution in [2.24, 2.45) is 0 Å². The van der Waals surface area contributed by atoms with Gasteiger partial charge in [-0.05, 0) is 136 Å². The molecule has 0 fully saturated rings. The Balaban J connectivity index is 0.978. The van der Waals surface area contributed by atoms with Crippen molar-refractivity contribution in [1.29, 1.82) is 0 Å². The highest BCUT2D eigenvalue weighted by atomic mass is 14.4. The lowest BCUT2D eigenvalue weighted by Crippen LogP contribution is -2.15. The molecular weight excluding hydrogens is 673 g/mol. The Morgan fingerprint density at radius 3 is 1.30 bits per heavy atom. The van der Waals surface area contributed by atoms with Crippen molar-refractivity contribution in [2.75, 3.05) is 0 Å². The standard InChI is InChI=1S/C56H44/c1-55(2)49-19-11-9-13-41(49)43-31-29-39(33-51(43)55)35-21-25-37(26-22-35)53-45-15-5-7-17-47(45)54(48-18-8-6-16-46(48)53)38-27-23-36(24-28-38)40-30-32-44-42-14-10-12-20-50(42)56(3,4)52(44)34-40/h5-9,11,13-34H,10,12H2,1-4H3. The van der Waals surface area contributed by atoms with Crippen molar-refractivity contribution < 1.29 is 0 Å². The van der Waals surface area contributed by atoms with Crippen LogP contribution in [0.15, 0.2) is 175 Å². The van der Waals surface area contributed by atoms with Crippen LogP contribution in [-0.4, -0.2) is 0 Å². The maximum absolute atomic E-state index is 2.47. The number of rotatable bonds is 4. The first-order valence-corrected chi connectivity index (χ1v) is 20.2. The van der Waals surface area contributed by atoms with Crippen LogP contribution in [0.25, 0.3) is 82.8 Å². The van der Waals surface area contributed by atoms with Crippen molar-refractivity contribution in [3.05, 3.63) is 198 Å². The molecule has 0 amide bonds. The highest BCUT2D eigenvalue weighted by molar-refractivity contribution is 6.21. The Bertz CT molecular complexity index is 2920. The highest BCUT2D eigenvalue weighted by Crippen LogP contribution is 2.53. The molecule has 0 unspecified atom stereocenters. The molecule has 8 aromatic carbocycles.